The number of hydrogen-bond acceptors (Lipinski definition) is 7. The van der Waals surface area contributed by atoms with Crippen molar-refractivity contribution in [1.82, 2.24) is 15.2 Å². The van der Waals surface area contributed by atoms with Crippen molar-refractivity contribution in [2.75, 3.05) is 51.3 Å². The van der Waals surface area contributed by atoms with Crippen molar-refractivity contribution in [3.05, 3.63) is 76.5 Å². The number of pyridine rings is 1. The van der Waals surface area contributed by atoms with Crippen LogP contribution in [0.2, 0.25) is 5.02 Å². The second kappa shape index (κ2) is 11.2. The molecule has 1 atom stereocenters. The molecule has 1 aliphatic carbocycles. The lowest BCUT2D eigenvalue weighted by atomic mass is 9.77. The number of rotatable bonds is 9. The van der Waals surface area contributed by atoms with Gasteiger partial charge < -0.3 is 15.8 Å². The average Bonchev–Trinajstić information content (AvgIpc) is 2.85. The molecule has 0 saturated carbocycles. The van der Waals surface area contributed by atoms with E-state index in [1.54, 1.807) is 24.4 Å². The summed E-state index contributed by atoms with van der Waals surface area (Å²) in [6.07, 6.45) is 6.24. The van der Waals surface area contributed by atoms with Crippen molar-refractivity contribution in [3.8, 4) is 11.3 Å². The number of primary amides is 1. The summed E-state index contributed by atoms with van der Waals surface area (Å²) in [6, 6.07) is 11.0. The van der Waals surface area contributed by atoms with Gasteiger partial charge in [-0.1, -0.05) is 35.9 Å². The summed E-state index contributed by atoms with van der Waals surface area (Å²) < 4.78 is 31.5. The highest BCUT2D eigenvalue weighted by Gasteiger charge is 2.42. The van der Waals surface area contributed by atoms with Gasteiger partial charge in [-0.2, -0.15) is 0 Å². The summed E-state index contributed by atoms with van der Waals surface area (Å²) in [6.45, 7) is 4.63. The lowest BCUT2D eigenvalue weighted by Crippen LogP contribution is -2.46. The average molecular weight is 531 g/mol. The molecule has 1 aromatic carbocycles. The summed E-state index contributed by atoms with van der Waals surface area (Å²) in [5.41, 5.74) is 7.43. The van der Waals surface area contributed by atoms with E-state index in [1.807, 2.05) is 30.3 Å². The van der Waals surface area contributed by atoms with E-state index in [9.17, 15) is 13.2 Å². The van der Waals surface area contributed by atoms with Gasteiger partial charge in [0.25, 0.3) is 0 Å². The van der Waals surface area contributed by atoms with Gasteiger partial charge in [0.2, 0.25) is 5.91 Å². The first-order chi connectivity index (χ1) is 17.2. The maximum atomic E-state index is 12.4. The highest BCUT2D eigenvalue weighted by molar-refractivity contribution is 7.90. The predicted molar refractivity (Wildman–Crippen MR) is 141 cm³/mol. The SMILES string of the molecule is CS(=O)(=O)CC1=CC=C(C(N)=O)CC1(OCCN1CCNCC1)c1ccc(Cl)c(-c2ccccn2)c1. The van der Waals surface area contributed by atoms with Gasteiger partial charge in [-0.05, 0) is 35.4 Å². The third-order valence-corrected chi connectivity index (χ3v) is 7.68. The number of benzene rings is 1. The van der Waals surface area contributed by atoms with Crippen molar-refractivity contribution in [2.45, 2.75) is 12.0 Å². The Morgan fingerprint density at radius 3 is 2.67 bits per heavy atom. The molecule has 192 valence electrons. The first kappa shape index (κ1) is 26.5. The smallest absolute Gasteiger partial charge is 0.244 e. The molecule has 2 aromatic rings. The van der Waals surface area contributed by atoms with Crippen LogP contribution in [0.5, 0.6) is 0 Å². The second-order valence-electron chi connectivity index (χ2n) is 9.17. The zero-order valence-electron chi connectivity index (χ0n) is 20.2. The van der Waals surface area contributed by atoms with Crippen LogP contribution in [-0.2, 0) is 25.0 Å². The molecule has 10 heteroatoms. The number of nitrogens with one attached hydrogen (secondary N) is 1. The summed E-state index contributed by atoms with van der Waals surface area (Å²) in [5.74, 6) is -0.788. The van der Waals surface area contributed by atoms with E-state index in [1.165, 1.54) is 6.26 Å². The standard InChI is InChI=1S/C26H31ClN4O4S/c1-36(33,34)18-21-6-5-19(25(28)32)17-26(21,35-15-14-31-12-10-29-11-13-31)20-7-8-23(27)22(16-20)24-4-2-3-9-30-24/h2-9,16,29H,10-15,17-18H2,1H3,(H2,28,32). The first-order valence-electron chi connectivity index (χ1n) is 11.8. The molecule has 0 bridgehead atoms. The van der Waals surface area contributed by atoms with Gasteiger partial charge >= 0.3 is 0 Å². The van der Waals surface area contributed by atoms with E-state index in [0.717, 1.165) is 26.2 Å². The Morgan fingerprint density at radius 1 is 1.22 bits per heavy atom. The van der Waals surface area contributed by atoms with Crippen LogP contribution in [0.3, 0.4) is 0 Å². The largest absolute Gasteiger partial charge is 0.366 e. The molecule has 1 aromatic heterocycles. The quantitative estimate of drug-likeness (QED) is 0.511. The lowest BCUT2D eigenvalue weighted by molar-refractivity contribution is -0.115. The van der Waals surface area contributed by atoms with Crippen LogP contribution < -0.4 is 11.1 Å². The summed E-state index contributed by atoms with van der Waals surface area (Å²) in [4.78, 5) is 19.0. The van der Waals surface area contributed by atoms with E-state index < -0.39 is 21.3 Å². The number of piperazine rings is 1. The molecule has 1 unspecified atom stereocenters. The van der Waals surface area contributed by atoms with Crippen LogP contribution in [0, 0.1) is 0 Å². The number of ether oxygens (including phenoxy) is 1. The maximum Gasteiger partial charge on any atom is 0.244 e. The van der Waals surface area contributed by atoms with Crippen molar-refractivity contribution in [1.29, 1.82) is 0 Å². The van der Waals surface area contributed by atoms with E-state index in [0.29, 0.717) is 46.1 Å². The molecule has 2 aliphatic rings. The Bertz CT molecular complexity index is 1270. The van der Waals surface area contributed by atoms with Crippen LogP contribution in [-0.4, -0.2) is 75.5 Å². The Morgan fingerprint density at radius 2 is 2.00 bits per heavy atom. The van der Waals surface area contributed by atoms with Crippen LogP contribution in [0.15, 0.2) is 65.9 Å². The minimum absolute atomic E-state index is 0.120. The van der Waals surface area contributed by atoms with Gasteiger partial charge in [-0.25, -0.2) is 8.42 Å². The predicted octanol–water partition coefficient (Wildman–Crippen LogP) is 2.31. The number of amides is 1. The second-order valence-corrected chi connectivity index (χ2v) is 11.7. The molecule has 1 aliphatic heterocycles. The third kappa shape index (κ3) is 6.22. The first-order valence-corrected chi connectivity index (χ1v) is 14.3. The van der Waals surface area contributed by atoms with Gasteiger partial charge in [0.15, 0.2) is 9.84 Å². The van der Waals surface area contributed by atoms with Gasteiger partial charge in [0.05, 0.1) is 18.1 Å². The van der Waals surface area contributed by atoms with Crippen LogP contribution >= 0.6 is 11.6 Å². The molecule has 8 nitrogen and oxygen atoms in total. The minimum atomic E-state index is -3.41. The fourth-order valence-corrected chi connectivity index (χ4v) is 5.79. The Hall–Kier alpha value is -2.56. The van der Waals surface area contributed by atoms with Gasteiger partial charge in [0, 0.05) is 67.8 Å². The molecule has 4 rings (SSSR count). The van der Waals surface area contributed by atoms with E-state index in [4.69, 9.17) is 22.1 Å². The number of sulfone groups is 1. The number of halogens is 1. The number of carbonyl (C=O) groups is 1. The van der Waals surface area contributed by atoms with Gasteiger partial charge in [-0.15, -0.1) is 0 Å². The Kier molecular flexibility index (Phi) is 8.27. The number of nitrogens with two attached hydrogens (primary N) is 1. The molecule has 0 spiro atoms. The number of aromatic nitrogens is 1. The third-order valence-electron chi connectivity index (χ3n) is 6.52. The Labute approximate surface area is 217 Å². The van der Waals surface area contributed by atoms with E-state index >= 15 is 0 Å². The van der Waals surface area contributed by atoms with Crippen molar-refractivity contribution in [2.24, 2.45) is 5.73 Å². The van der Waals surface area contributed by atoms with Crippen molar-refractivity contribution >= 4 is 27.3 Å². The van der Waals surface area contributed by atoms with Crippen molar-refractivity contribution < 1.29 is 17.9 Å². The maximum absolute atomic E-state index is 12.4. The lowest BCUT2D eigenvalue weighted by Gasteiger charge is -2.40. The summed E-state index contributed by atoms with van der Waals surface area (Å²) >= 11 is 6.55. The van der Waals surface area contributed by atoms with Crippen LogP contribution in [0.4, 0.5) is 0 Å². The fourth-order valence-electron chi connectivity index (χ4n) is 4.69. The molecule has 1 saturated heterocycles. The molecule has 0 radical (unpaired) electrons. The molecule has 2 heterocycles. The van der Waals surface area contributed by atoms with Gasteiger partial charge in [-0.3, -0.25) is 14.7 Å². The van der Waals surface area contributed by atoms with Crippen LogP contribution in [0.25, 0.3) is 11.3 Å². The molecule has 1 amide bonds. The van der Waals surface area contributed by atoms with Crippen molar-refractivity contribution in [3.63, 3.8) is 0 Å². The van der Waals surface area contributed by atoms with E-state index in [2.05, 4.69) is 15.2 Å². The highest BCUT2D eigenvalue weighted by atomic mass is 35.5. The monoisotopic (exact) mass is 530 g/mol. The molecule has 3 N–H and O–H groups in total. The van der Waals surface area contributed by atoms with Crippen LogP contribution in [0.1, 0.15) is 12.0 Å². The molecular formula is C26H31ClN4O4S. The number of hydrogen-bond donors (Lipinski definition) is 2. The molecule has 1 fully saturated rings. The van der Waals surface area contributed by atoms with E-state index in [-0.39, 0.29) is 12.2 Å². The molecular weight excluding hydrogens is 500 g/mol. The Balaban J connectivity index is 1.79. The number of allylic oxidation sites excluding steroid dienone is 2. The summed E-state index contributed by atoms with van der Waals surface area (Å²) in [5, 5.41) is 3.83. The zero-order chi connectivity index (χ0) is 25.8. The van der Waals surface area contributed by atoms with Gasteiger partial charge in [0.1, 0.15) is 5.60 Å². The highest BCUT2D eigenvalue weighted by Crippen LogP contribution is 2.44. The number of carbonyl (C=O) groups excluding carboxylic acids is 1. The normalized spacial score (nSPS) is 21.1. The fraction of sp³-hybridized carbons (Fsp3) is 0.385. The summed E-state index contributed by atoms with van der Waals surface area (Å²) in [7, 11) is -3.41. The molecule has 36 heavy (non-hydrogen) atoms. The minimum Gasteiger partial charge on any atom is -0.366 e. The zero-order valence-corrected chi connectivity index (χ0v) is 21.8. The topological polar surface area (TPSA) is 115 Å². The number of nitrogens with zero attached hydrogens (tertiary/aromatic N) is 2.